The van der Waals surface area contributed by atoms with Crippen LogP contribution in [0.4, 0.5) is 0 Å². The molecule has 1 fully saturated rings. The molecule has 0 bridgehead atoms. The Labute approximate surface area is 135 Å². The predicted octanol–water partition coefficient (Wildman–Crippen LogP) is 5.11. The molecule has 0 spiro atoms. The largest absolute Gasteiger partial charge is 0.494 e. The molecule has 2 rings (SSSR count). The van der Waals surface area contributed by atoms with E-state index >= 15 is 0 Å². The van der Waals surface area contributed by atoms with Gasteiger partial charge in [0.1, 0.15) is 5.75 Å². The molecule has 1 aromatic carbocycles. The number of rotatable bonds is 9. The van der Waals surface area contributed by atoms with Gasteiger partial charge < -0.3 is 14.2 Å². The second-order valence-electron chi connectivity index (χ2n) is 6.13. The van der Waals surface area contributed by atoms with Crippen LogP contribution < -0.4 is 4.74 Å². The molecule has 0 N–H and O–H groups in total. The van der Waals surface area contributed by atoms with Gasteiger partial charge in [0.15, 0.2) is 6.29 Å². The average molecular weight is 306 g/mol. The van der Waals surface area contributed by atoms with Crippen molar-refractivity contribution in [1.82, 2.24) is 0 Å². The standard InChI is InChI=1S/C19H30O3/c1-3-5-6-7-8-16-14-21-19(22-15-16)17-9-11-18(12-10-17)20-13-4-2/h9-12,16,19H,3-8,13-15H2,1-2H3. The molecule has 1 aliphatic rings. The Balaban J connectivity index is 1.72. The Kier molecular flexibility index (Phi) is 7.75. The van der Waals surface area contributed by atoms with Gasteiger partial charge in [-0.1, -0.05) is 51.7 Å². The van der Waals surface area contributed by atoms with Crippen LogP contribution in [-0.4, -0.2) is 19.8 Å². The second kappa shape index (κ2) is 9.86. The summed E-state index contributed by atoms with van der Waals surface area (Å²) in [4.78, 5) is 0. The Morgan fingerprint density at radius 2 is 1.68 bits per heavy atom. The van der Waals surface area contributed by atoms with Crippen LogP contribution in [0.3, 0.4) is 0 Å². The third-order valence-corrected chi connectivity index (χ3v) is 4.06. The normalized spacial score (nSPS) is 21.7. The lowest BCUT2D eigenvalue weighted by molar-refractivity contribution is -0.206. The smallest absolute Gasteiger partial charge is 0.183 e. The van der Waals surface area contributed by atoms with Crippen molar-refractivity contribution < 1.29 is 14.2 Å². The first-order valence-electron chi connectivity index (χ1n) is 8.79. The van der Waals surface area contributed by atoms with Gasteiger partial charge in [-0.05, 0) is 25.0 Å². The van der Waals surface area contributed by atoms with Crippen LogP contribution in [0.15, 0.2) is 24.3 Å². The molecule has 0 unspecified atom stereocenters. The summed E-state index contributed by atoms with van der Waals surface area (Å²) >= 11 is 0. The first-order valence-corrected chi connectivity index (χ1v) is 8.79. The van der Waals surface area contributed by atoms with Crippen LogP contribution in [0.1, 0.15) is 64.2 Å². The Bertz CT molecular complexity index is 394. The van der Waals surface area contributed by atoms with E-state index in [-0.39, 0.29) is 6.29 Å². The van der Waals surface area contributed by atoms with Crippen LogP contribution in [0.5, 0.6) is 5.75 Å². The summed E-state index contributed by atoms with van der Waals surface area (Å²) in [6, 6.07) is 8.07. The zero-order valence-corrected chi connectivity index (χ0v) is 14.1. The summed E-state index contributed by atoms with van der Waals surface area (Å²) < 4.78 is 17.4. The molecule has 0 atom stereocenters. The van der Waals surface area contributed by atoms with Gasteiger partial charge in [0.05, 0.1) is 19.8 Å². The van der Waals surface area contributed by atoms with Crippen LogP contribution in [0.2, 0.25) is 0 Å². The molecule has 1 saturated heterocycles. The third kappa shape index (κ3) is 5.62. The minimum absolute atomic E-state index is 0.216. The van der Waals surface area contributed by atoms with E-state index in [1.807, 2.05) is 24.3 Å². The van der Waals surface area contributed by atoms with E-state index in [0.29, 0.717) is 5.92 Å². The fourth-order valence-electron chi connectivity index (χ4n) is 2.70. The highest BCUT2D eigenvalue weighted by Gasteiger charge is 2.23. The SMILES string of the molecule is CCCCCCC1COC(c2ccc(OCCC)cc2)OC1. The molecule has 0 aliphatic carbocycles. The molecular weight excluding hydrogens is 276 g/mol. The lowest BCUT2D eigenvalue weighted by Gasteiger charge is -2.29. The summed E-state index contributed by atoms with van der Waals surface area (Å²) in [5.74, 6) is 1.47. The highest BCUT2D eigenvalue weighted by Crippen LogP contribution is 2.28. The molecule has 1 aliphatic heterocycles. The van der Waals surface area contributed by atoms with E-state index in [1.54, 1.807) is 0 Å². The summed E-state index contributed by atoms with van der Waals surface area (Å²) in [6.45, 7) is 6.73. The van der Waals surface area contributed by atoms with Crippen molar-refractivity contribution in [3.8, 4) is 5.75 Å². The highest BCUT2D eigenvalue weighted by molar-refractivity contribution is 5.28. The average Bonchev–Trinajstić information content (AvgIpc) is 2.58. The van der Waals surface area contributed by atoms with Crippen molar-refractivity contribution in [1.29, 1.82) is 0 Å². The number of hydrogen-bond donors (Lipinski definition) is 0. The van der Waals surface area contributed by atoms with E-state index in [9.17, 15) is 0 Å². The van der Waals surface area contributed by atoms with Crippen LogP contribution >= 0.6 is 0 Å². The van der Waals surface area contributed by atoms with Crippen molar-refractivity contribution in [3.05, 3.63) is 29.8 Å². The summed E-state index contributed by atoms with van der Waals surface area (Å²) in [5.41, 5.74) is 1.08. The quantitative estimate of drug-likeness (QED) is 0.593. The monoisotopic (exact) mass is 306 g/mol. The first-order chi connectivity index (χ1) is 10.8. The molecule has 22 heavy (non-hydrogen) atoms. The van der Waals surface area contributed by atoms with Crippen molar-refractivity contribution in [2.24, 2.45) is 5.92 Å². The van der Waals surface area contributed by atoms with Crippen molar-refractivity contribution in [3.63, 3.8) is 0 Å². The van der Waals surface area contributed by atoms with Crippen LogP contribution in [0.25, 0.3) is 0 Å². The topological polar surface area (TPSA) is 27.7 Å². The van der Waals surface area contributed by atoms with Crippen molar-refractivity contribution >= 4 is 0 Å². The zero-order valence-electron chi connectivity index (χ0n) is 14.1. The van der Waals surface area contributed by atoms with Gasteiger partial charge in [0, 0.05) is 11.5 Å². The van der Waals surface area contributed by atoms with E-state index in [2.05, 4.69) is 13.8 Å². The number of hydrogen-bond acceptors (Lipinski definition) is 3. The van der Waals surface area contributed by atoms with E-state index in [1.165, 1.54) is 32.1 Å². The maximum absolute atomic E-state index is 5.89. The molecule has 124 valence electrons. The molecule has 0 saturated carbocycles. The Morgan fingerprint density at radius 1 is 0.955 bits per heavy atom. The highest BCUT2D eigenvalue weighted by atomic mass is 16.7. The molecule has 0 radical (unpaired) electrons. The second-order valence-corrected chi connectivity index (χ2v) is 6.13. The van der Waals surface area contributed by atoms with Gasteiger partial charge in [0.2, 0.25) is 0 Å². The van der Waals surface area contributed by atoms with Gasteiger partial charge in [-0.15, -0.1) is 0 Å². The predicted molar refractivity (Wildman–Crippen MR) is 89.1 cm³/mol. The minimum atomic E-state index is -0.216. The Morgan fingerprint density at radius 3 is 2.32 bits per heavy atom. The zero-order chi connectivity index (χ0) is 15.6. The molecule has 0 amide bonds. The number of ether oxygens (including phenoxy) is 3. The molecule has 1 heterocycles. The van der Waals surface area contributed by atoms with Gasteiger partial charge in [0.25, 0.3) is 0 Å². The van der Waals surface area contributed by atoms with E-state index in [0.717, 1.165) is 37.6 Å². The summed E-state index contributed by atoms with van der Waals surface area (Å²) in [5, 5.41) is 0. The van der Waals surface area contributed by atoms with Crippen LogP contribution in [0, 0.1) is 5.92 Å². The van der Waals surface area contributed by atoms with Crippen molar-refractivity contribution in [2.45, 2.75) is 58.7 Å². The molecule has 3 nitrogen and oxygen atoms in total. The maximum Gasteiger partial charge on any atom is 0.183 e. The Hall–Kier alpha value is -1.06. The van der Waals surface area contributed by atoms with E-state index in [4.69, 9.17) is 14.2 Å². The van der Waals surface area contributed by atoms with Gasteiger partial charge in [-0.3, -0.25) is 0 Å². The molecule has 0 aromatic heterocycles. The molecule has 1 aromatic rings. The van der Waals surface area contributed by atoms with Crippen LogP contribution in [-0.2, 0) is 9.47 Å². The van der Waals surface area contributed by atoms with Gasteiger partial charge >= 0.3 is 0 Å². The molecular formula is C19H30O3. The lowest BCUT2D eigenvalue weighted by Crippen LogP contribution is -2.27. The third-order valence-electron chi connectivity index (χ3n) is 4.06. The molecule has 3 heteroatoms. The van der Waals surface area contributed by atoms with Gasteiger partial charge in [-0.2, -0.15) is 0 Å². The van der Waals surface area contributed by atoms with Crippen molar-refractivity contribution in [2.75, 3.05) is 19.8 Å². The lowest BCUT2D eigenvalue weighted by atomic mass is 10.0. The first kappa shape index (κ1) is 17.3. The number of unbranched alkanes of at least 4 members (excludes halogenated alkanes) is 3. The number of benzene rings is 1. The fourth-order valence-corrected chi connectivity index (χ4v) is 2.70. The summed E-state index contributed by atoms with van der Waals surface area (Å²) in [6.07, 6.45) is 7.27. The fraction of sp³-hybridized carbons (Fsp3) is 0.684. The van der Waals surface area contributed by atoms with E-state index < -0.39 is 0 Å². The van der Waals surface area contributed by atoms with Gasteiger partial charge in [-0.25, -0.2) is 0 Å². The maximum atomic E-state index is 5.89. The minimum Gasteiger partial charge on any atom is -0.494 e. The summed E-state index contributed by atoms with van der Waals surface area (Å²) in [7, 11) is 0.